The lowest BCUT2D eigenvalue weighted by Crippen LogP contribution is -1.88. The summed E-state index contributed by atoms with van der Waals surface area (Å²) in [6.45, 7) is 1.90. The van der Waals surface area contributed by atoms with Gasteiger partial charge in [-0.3, -0.25) is 0 Å². The zero-order chi connectivity index (χ0) is 10.8. The van der Waals surface area contributed by atoms with Crippen LogP contribution in [0.1, 0.15) is 5.76 Å². The monoisotopic (exact) mass is 240 g/mol. The molecule has 2 rings (SSSR count). The van der Waals surface area contributed by atoms with Crippen LogP contribution in [-0.4, -0.2) is 4.98 Å². The smallest absolute Gasteiger partial charge is 0.120 e. The van der Waals surface area contributed by atoms with Gasteiger partial charge in [0.05, 0.1) is 28.1 Å². The van der Waals surface area contributed by atoms with E-state index in [9.17, 15) is 0 Å². The molecule has 0 aliphatic heterocycles. The van der Waals surface area contributed by atoms with Crippen molar-refractivity contribution in [3.8, 4) is 0 Å². The highest BCUT2D eigenvalue weighted by Crippen LogP contribution is 2.34. The molecule has 0 aliphatic carbocycles. The first-order chi connectivity index (χ1) is 7.16. The van der Waals surface area contributed by atoms with E-state index in [4.69, 9.17) is 21.8 Å². The molecule has 2 aromatic heterocycles. The molecule has 78 valence electrons. The summed E-state index contributed by atoms with van der Waals surface area (Å²) in [5, 5.41) is 1.29. The molecule has 0 aliphatic rings. The molecule has 0 amide bonds. The fraction of sp³-hybridized carbons (Fsp3) is 0.100. The van der Waals surface area contributed by atoms with E-state index in [0.29, 0.717) is 10.7 Å². The first-order valence-electron chi connectivity index (χ1n) is 4.30. The van der Waals surface area contributed by atoms with E-state index < -0.39 is 0 Å². The van der Waals surface area contributed by atoms with Crippen LogP contribution in [0.25, 0.3) is 0 Å². The second-order valence-electron chi connectivity index (χ2n) is 3.00. The van der Waals surface area contributed by atoms with Gasteiger partial charge in [-0.1, -0.05) is 23.4 Å². The molecule has 0 bridgehead atoms. The summed E-state index contributed by atoms with van der Waals surface area (Å²) in [5.74, 6) is 0.856. The largest absolute Gasteiger partial charge is 0.468 e. The number of furan rings is 1. The molecule has 0 unspecified atom stereocenters. The van der Waals surface area contributed by atoms with Crippen molar-refractivity contribution in [2.24, 2.45) is 0 Å². The number of nitrogens with zero attached hydrogens (tertiary/aromatic N) is 1. The molecule has 2 N–H and O–H groups in total. The van der Waals surface area contributed by atoms with Crippen LogP contribution in [0.4, 0.5) is 5.69 Å². The normalized spacial score (nSPS) is 10.5. The molecular formula is C10H9ClN2OS. The van der Waals surface area contributed by atoms with Crippen LogP contribution >= 0.6 is 23.4 Å². The summed E-state index contributed by atoms with van der Waals surface area (Å²) in [7, 11) is 0. The van der Waals surface area contributed by atoms with Gasteiger partial charge in [0, 0.05) is 0 Å². The number of nitrogen functional groups attached to an aromatic ring is 1. The van der Waals surface area contributed by atoms with Crippen molar-refractivity contribution in [1.82, 2.24) is 4.98 Å². The van der Waals surface area contributed by atoms with Gasteiger partial charge in [-0.2, -0.15) is 0 Å². The molecule has 2 aromatic rings. The third-order valence-corrected chi connectivity index (χ3v) is 3.41. The number of halogens is 1. The fourth-order valence-corrected chi connectivity index (χ4v) is 2.17. The number of nitrogens with two attached hydrogens (primary N) is 1. The van der Waals surface area contributed by atoms with Crippen molar-refractivity contribution in [2.75, 3.05) is 5.73 Å². The van der Waals surface area contributed by atoms with Crippen molar-refractivity contribution < 1.29 is 4.42 Å². The van der Waals surface area contributed by atoms with Crippen LogP contribution in [0.5, 0.6) is 0 Å². The number of hydrogen-bond donors (Lipinski definition) is 1. The highest BCUT2D eigenvalue weighted by Gasteiger charge is 2.08. The molecule has 0 aromatic carbocycles. The topological polar surface area (TPSA) is 52.0 Å². The Balaban J connectivity index is 2.29. The van der Waals surface area contributed by atoms with Crippen molar-refractivity contribution in [3.63, 3.8) is 0 Å². The molecule has 0 radical (unpaired) electrons. The molecule has 3 nitrogen and oxygen atoms in total. The van der Waals surface area contributed by atoms with Gasteiger partial charge in [0.2, 0.25) is 0 Å². The zero-order valence-electron chi connectivity index (χ0n) is 8.03. The van der Waals surface area contributed by atoms with E-state index in [2.05, 4.69) is 4.98 Å². The lowest BCUT2D eigenvalue weighted by atomic mass is 10.4. The maximum Gasteiger partial charge on any atom is 0.120 e. The summed E-state index contributed by atoms with van der Waals surface area (Å²) in [6, 6.07) is 3.57. The Labute approximate surface area is 96.6 Å². The molecule has 15 heavy (non-hydrogen) atoms. The average Bonchev–Trinajstić information content (AvgIpc) is 2.57. The molecule has 0 fully saturated rings. The maximum atomic E-state index is 6.00. The number of aryl methyl sites for hydroxylation is 1. The van der Waals surface area contributed by atoms with Crippen molar-refractivity contribution in [1.29, 1.82) is 0 Å². The predicted octanol–water partition coefficient (Wildman–Crippen LogP) is 3.37. The Morgan fingerprint density at radius 3 is 2.93 bits per heavy atom. The summed E-state index contributed by atoms with van der Waals surface area (Å²) in [5.41, 5.74) is 6.12. The Bertz CT molecular complexity index is 484. The second kappa shape index (κ2) is 4.16. The van der Waals surface area contributed by atoms with E-state index >= 15 is 0 Å². The van der Waals surface area contributed by atoms with Gasteiger partial charge in [0.15, 0.2) is 0 Å². The molecular weight excluding hydrogens is 232 g/mol. The van der Waals surface area contributed by atoms with Gasteiger partial charge in [-0.15, -0.1) is 0 Å². The van der Waals surface area contributed by atoms with Crippen molar-refractivity contribution >= 4 is 29.1 Å². The van der Waals surface area contributed by atoms with Gasteiger partial charge in [-0.05, 0) is 19.1 Å². The molecule has 0 saturated carbocycles. The Morgan fingerprint density at radius 2 is 2.33 bits per heavy atom. The average molecular weight is 241 g/mol. The summed E-state index contributed by atoms with van der Waals surface area (Å²) < 4.78 is 5.18. The van der Waals surface area contributed by atoms with Crippen LogP contribution < -0.4 is 5.73 Å². The van der Waals surface area contributed by atoms with Gasteiger partial charge in [-0.25, -0.2) is 4.98 Å². The van der Waals surface area contributed by atoms with Crippen LogP contribution in [0, 0.1) is 6.92 Å². The Hall–Kier alpha value is -1.13. The highest BCUT2D eigenvalue weighted by molar-refractivity contribution is 7.99. The van der Waals surface area contributed by atoms with Gasteiger partial charge in [0.1, 0.15) is 10.8 Å². The standard InChI is InChI=1S/C10H9ClN2OS/c1-6-9(2-3-14-6)15-10-8(11)4-7(12)5-13-10/h2-5H,12H2,1H3. The Morgan fingerprint density at radius 1 is 1.53 bits per heavy atom. The third kappa shape index (κ3) is 2.27. The minimum absolute atomic E-state index is 0.556. The van der Waals surface area contributed by atoms with Crippen LogP contribution in [0.3, 0.4) is 0 Å². The summed E-state index contributed by atoms with van der Waals surface area (Å²) >= 11 is 7.47. The molecule has 0 spiro atoms. The fourth-order valence-electron chi connectivity index (χ4n) is 1.10. The quantitative estimate of drug-likeness (QED) is 0.875. The lowest BCUT2D eigenvalue weighted by molar-refractivity contribution is 0.527. The number of hydrogen-bond acceptors (Lipinski definition) is 4. The predicted molar refractivity (Wildman–Crippen MR) is 61.2 cm³/mol. The zero-order valence-corrected chi connectivity index (χ0v) is 9.60. The van der Waals surface area contributed by atoms with Crippen LogP contribution in [0.2, 0.25) is 5.02 Å². The number of rotatable bonds is 2. The van der Waals surface area contributed by atoms with Crippen molar-refractivity contribution in [2.45, 2.75) is 16.8 Å². The number of pyridine rings is 1. The highest BCUT2D eigenvalue weighted by atomic mass is 35.5. The first-order valence-corrected chi connectivity index (χ1v) is 5.49. The molecule has 5 heteroatoms. The first kappa shape index (κ1) is 10.4. The maximum absolute atomic E-state index is 6.00. The van der Waals surface area contributed by atoms with E-state index in [1.165, 1.54) is 11.8 Å². The summed E-state index contributed by atoms with van der Waals surface area (Å²) in [6.07, 6.45) is 3.23. The van der Waals surface area contributed by atoms with E-state index in [-0.39, 0.29) is 0 Å². The summed E-state index contributed by atoms with van der Waals surface area (Å²) in [4.78, 5) is 5.17. The van der Waals surface area contributed by atoms with Crippen molar-refractivity contribution in [3.05, 3.63) is 35.4 Å². The van der Waals surface area contributed by atoms with Gasteiger partial charge in [0.25, 0.3) is 0 Å². The second-order valence-corrected chi connectivity index (χ2v) is 4.44. The number of anilines is 1. The SMILES string of the molecule is Cc1occc1Sc1ncc(N)cc1Cl. The minimum atomic E-state index is 0.556. The molecule has 2 heterocycles. The molecule has 0 atom stereocenters. The molecule has 0 saturated heterocycles. The van der Waals surface area contributed by atoms with E-state index in [1.807, 2.05) is 13.0 Å². The van der Waals surface area contributed by atoms with Crippen LogP contribution in [0.15, 0.2) is 38.9 Å². The minimum Gasteiger partial charge on any atom is -0.468 e. The van der Waals surface area contributed by atoms with E-state index in [1.54, 1.807) is 18.5 Å². The third-order valence-electron chi connectivity index (χ3n) is 1.85. The van der Waals surface area contributed by atoms with Crippen LogP contribution in [-0.2, 0) is 0 Å². The lowest BCUT2D eigenvalue weighted by Gasteiger charge is -2.02. The van der Waals surface area contributed by atoms with Gasteiger partial charge >= 0.3 is 0 Å². The number of aromatic nitrogens is 1. The van der Waals surface area contributed by atoms with Gasteiger partial charge < -0.3 is 10.2 Å². The Kier molecular flexibility index (Phi) is 2.88. The van der Waals surface area contributed by atoms with E-state index in [0.717, 1.165) is 15.7 Å².